The van der Waals surface area contributed by atoms with Gasteiger partial charge in [-0.15, -0.1) is 0 Å². The fraction of sp³-hybridized carbons (Fsp3) is 0.0500. The topological polar surface area (TPSA) is 29.5 Å². The SMILES string of the molecule is O=C(OCc1ccccc1)N1c2ccccc2Sc2ccccc21. The molecule has 0 bridgehead atoms. The van der Waals surface area contributed by atoms with Crippen molar-refractivity contribution in [3.8, 4) is 0 Å². The Morgan fingerprint density at radius 1 is 0.792 bits per heavy atom. The normalized spacial score (nSPS) is 12.2. The van der Waals surface area contributed by atoms with Crippen LogP contribution in [0.25, 0.3) is 0 Å². The zero-order chi connectivity index (χ0) is 16.4. The summed E-state index contributed by atoms with van der Waals surface area (Å²) in [4.78, 5) is 16.5. The molecule has 1 amide bonds. The molecule has 4 heteroatoms. The molecule has 0 radical (unpaired) electrons. The second-order valence-corrected chi connectivity index (χ2v) is 6.50. The molecule has 4 rings (SSSR count). The van der Waals surface area contributed by atoms with E-state index in [-0.39, 0.29) is 12.7 Å². The van der Waals surface area contributed by atoms with Crippen LogP contribution in [0.1, 0.15) is 5.56 Å². The highest BCUT2D eigenvalue weighted by Crippen LogP contribution is 2.48. The van der Waals surface area contributed by atoms with Crippen LogP contribution in [-0.2, 0) is 11.3 Å². The van der Waals surface area contributed by atoms with Gasteiger partial charge in [-0.2, -0.15) is 0 Å². The molecule has 3 aromatic rings. The van der Waals surface area contributed by atoms with Gasteiger partial charge in [0.1, 0.15) is 6.61 Å². The Kier molecular flexibility index (Phi) is 3.97. The summed E-state index contributed by atoms with van der Waals surface area (Å²) in [7, 11) is 0. The molecule has 0 spiro atoms. The molecule has 1 aliphatic rings. The summed E-state index contributed by atoms with van der Waals surface area (Å²) in [6.45, 7) is 0.258. The van der Waals surface area contributed by atoms with Gasteiger partial charge in [-0.3, -0.25) is 0 Å². The number of benzene rings is 3. The monoisotopic (exact) mass is 333 g/mol. The molecule has 118 valence electrons. The number of fused-ring (bicyclic) bond motifs is 2. The van der Waals surface area contributed by atoms with E-state index in [9.17, 15) is 4.79 Å². The predicted octanol–water partition coefficient (Wildman–Crippen LogP) is 5.63. The number of rotatable bonds is 2. The fourth-order valence-corrected chi connectivity index (χ4v) is 3.74. The number of hydrogen-bond donors (Lipinski definition) is 0. The van der Waals surface area contributed by atoms with E-state index in [0.717, 1.165) is 26.7 Å². The Balaban J connectivity index is 1.65. The Morgan fingerprint density at radius 2 is 1.33 bits per heavy atom. The average molecular weight is 333 g/mol. The standard InChI is InChI=1S/C20H15NO2S/c22-20(23-14-15-8-2-1-3-9-15)21-16-10-4-6-12-18(16)24-19-13-7-5-11-17(19)21/h1-13H,14H2. The van der Waals surface area contributed by atoms with Crippen molar-refractivity contribution in [1.29, 1.82) is 0 Å². The van der Waals surface area contributed by atoms with Gasteiger partial charge in [0, 0.05) is 9.79 Å². The van der Waals surface area contributed by atoms with Crippen LogP contribution in [0.15, 0.2) is 88.7 Å². The quantitative estimate of drug-likeness (QED) is 0.609. The number of anilines is 2. The van der Waals surface area contributed by atoms with Gasteiger partial charge in [0.2, 0.25) is 0 Å². The van der Waals surface area contributed by atoms with Crippen molar-refractivity contribution in [2.24, 2.45) is 0 Å². The minimum absolute atomic E-state index is 0.258. The van der Waals surface area contributed by atoms with E-state index in [1.165, 1.54) is 0 Å². The average Bonchev–Trinajstić information content (AvgIpc) is 2.65. The lowest BCUT2D eigenvalue weighted by Gasteiger charge is -2.30. The maximum atomic E-state index is 12.8. The van der Waals surface area contributed by atoms with E-state index in [4.69, 9.17) is 4.74 Å². The number of carbonyl (C=O) groups excluding carboxylic acids is 1. The summed E-state index contributed by atoms with van der Waals surface area (Å²) >= 11 is 1.67. The second kappa shape index (κ2) is 6.42. The number of hydrogen-bond acceptors (Lipinski definition) is 3. The Bertz CT molecular complexity index is 834. The first-order valence-corrected chi connectivity index (χ1v) is 8.51. The maximum absolute atomic E-state index is 12.8. The summed E-state index contributed by atoms with van der Waals surface area (Å²) in [6.07, 6.45) is -0.362. The molecule has 24 heavy (non-hydrogen) atoms. The van der Waals surface area contributed by atoms with Crippen molar-refractivity contribution in [2.45, 2.75) is 16.4 Å². The first-order chi connectivity index (χ1) is 11.8. The molecular formula is C20H15NO2S. The first-order valence-electron chi connectivity index (χ1n) is 7.69. The van der Waals surface area contributed by atoms with Gasteiger partial charge in [0.05, 0.1) is 11.4 Å². The number of para-hydroxylation sites is 2. The molecule has 0 unspecified atom stereocenters. The van der Waals surface area contributed by atoms with Crippen molar-refractivity contribution in [2.75, 3.05) is 4.90 Å². The molecule has 0 fully saturated rings. The Labute approximate surface area is 144 Å². The first kappa shape index (κ1) is 14.8. The van der Waals surface area contributed by atoms with Crippen LogP contribution >= 0.6 is 11.8 Å². The van der Waals surface area contributed by atoms with Gasteiger partial charge in [-0.25, -0.2) is 9.69 Å². The minimum Gasteiger partial charge on any atom is -0.444 e. The highest BCUT2D eigenvalue weighted by Gasteiger charge is 2.28. The molecule has 1 heterocycles. The van der Waals surface area contributed by atoms with Crippen molar-refractivity contribution in [1.82, 2.24) is 0 Å². The Morgan fingerprint density at radius 3 is 1.96 bits per heavy atom. The molecule has 0 saturated heterocycles. The molecule has 0 atom stereocenters. The third kappa shape index (κ3) is 2.76. The van der Waals surface area contributed by atoms with E-state index in [1.807, 2.05) is 78.9 Å². The molecule has 0 saturated carbocycles. The summed E-state index contributed by atoms with van der Waals surface area (Å²) < 4.78 is 5.56. The molecule has 3 nitrogen and oxygen atoms in total. The van der Waals surface area contributed by atoms with Gasteiger partial charge < -0.3 is 4.74 Å². The molecular weight excluding hydrogens is 318 g/mol. The highest BCUT2D eigenvalue weighted by molar-refractivity contribution is 7.99. The zero-order valence-corrected chi connectivity index (χ0v) is 13.7. The predicted molar refractivity (Wildman–Crippen MR) is 95.8 cm³/mol. The third-order valence-electron chi connectivity index (χ3n) is 3.82. The molecule has 0 aliphatic carbocycles. The highest BCUT2D eigenvalue weighted by atomic mass is 32.2. The largest absolute Gasteiger partial charge is 0.444 e. The van der Waals surface area contributed by atoms with Crippen LogP contribution < -0.4 is 4.90 Å². The van der Waals surface area contributed by atoms with E-state index >= 15 is 0 Å². The van der Waals surface area contributed by atoms with Gasteiger partial charge in [-0.1, -0.05) is 66.4 Å². The van der Waals surface area contributed by atoms with Crippen LogP contribution in [-0.4, -0.2) is 6.09 Å². The number of carbonyl (C=O) groups is 1. The molecule has 3 aromatic carbocycles. The van der Waals surface area contributed by atoms with E-state index in [0.29, 0.717) is 0 Å². The van der Waals surface area contributed by atoms with Crippen LogP contribution in [0.4, 0.5) is 16.2 Å². The number of ether oxygens (including phenoxy) is 1. The van der Waals surface area contributed by atoms with Gasteiger partial charge >= 0.3 is 6.09 Å². The van der Waals surface area contributed by atoms with E-state index in [1.54, 1.807) is 16.7 Å². The second-order valence-electron chi connectivity index (χ2n) is 5.41. The third-order valence-corrected chi connectivity index (χ3v) is 4.95. The molecule has 1 aliphatic heterocycles. The minimum atomic E-state index is -0.362. The number of nitrogens with zero attached hydrogens (tertiary/aromatic N) is 1. The Hall–Kier alpha value is -2.72. The van der Waals surface area contributed by atoms with Crippen LogP contribution in [0.3, 0.4) is 0 Å². The van der Waals surface area contributed by atoms with Gasteiger partial charge in [-0.05, 0) is 29.8 Å². The van der Waals surface area contributed by atoms with Crippen molar-refractivity contribution < 1.29 is 9.53 Å². The number of amides is 1. The lowest BCUT2D eigenvalue weighted by atomic mass is 10.2. The lowest BCUT2D eigenvalue weighted by molar-refractivity contribution is 0.149. The zero-order valence-electron chi connectivity index (χ0n) is 12.9. The molecule has 0 N–H and O–H groups in total. The van der Waals surface area contributed by atoms with Gasteiger partial charge in [0.15, 0.2) is 0 Å². The summed E-state index contributed by atoms with van der Waals surface area (Å²) in [5, 5.41) is 0. The van der Waals surface area contributed by atoms with E-state index < -0.39 is 0 Å². The van der Waals surface area contributed by atoms with Crippen LogP contribution in [0, 0.1) is 0 Å². The van der Waals surface area contributed by atoms with Crippen molar-refractivity contribution in [3.05, 3.63) is 84.4 Å². The van der Waals surface area contributed by atoms with Crippen LogP contribution in [0.2, 0.25) is 0 Å². The lowest BCUT2D eigenvalue weighted by Crippen LogP contribution is -2.29. The summed E-state index contributed by atoms with van der Waals surface area (Å²) in [5.74, 6) is 0. The smallest absolute Gasteiger partial charge is 0.419 e. The van der Waals surface area contributed by atoms with Gasteiger partial charge in [0.25, 0.3) is 0 Å². The van der Waals surface area contributed by atoms with E-state index in [2.05, 4.69) is 0 Å². The fourth-order valence-electron chi connectivity index (χ4n) is 2.69. The summed E-state index contributed by atoms with van der Waals surface area (Å²) in [6, 6.07) is 25.5. The maximum Gasteiger partial charge on any atom is 0.419 e. The van der Waals surface area contributed by atoms with Crippen molar-refractivity contribution >= 4 is 29.2 Å². The summed E-state index contributed by atoms with van der Waals surface area (Å²) in [5.41, 5.74) is 2.69. The van der Waals surface area contributed by atoms with Crippen LogP contribution in [0.5, 0.6) is 0 Å². The molecule has 0 aromatic heterocycles. The van der Waals surface area contributed by atoms with Crippen molar-refractivity contribution in [3.63, 3.8) is 0 Å².